The first-order valence-electron chi connectivity index (χ1n) is 10.6. The maximum Gasteiger partial charge on any atom is 0.252 e. The highest BCUT2D eigenvalue weighted by molar-refractivity contribution is 7.89. The minimum Gasteiger partial charge on any atom is -0.454 e. The van der Waals surface area contributed by atoms with Crippen LogP contribution < -0.4 is 14.3 Å². The third-order valence-corrected chi connectivity index (χ3v) is 8.73. The Bertz CT molecular complexity index is 1390. The number of carbonyl (C=O) groups excluding carboxylic acids is 1. The quantitative estimate of drug-likeness (QED) is 0.518. The van der Waals surface area contributed by atoms with E-state index >= 15 is 0 Å². The molecular weight excluding hydrogens is 462 g/mol. The number of nitrogens with zero attached hydrogens (tertiary/aromatic N) is 3. The molecule has 1 saturated heterocycles. The van der Waals surface area contributed by atoms with Crippen LogP contribution in [0.4, 0.5) is 0 Å². The minimum atomic E-state index is -3.65. The smallest absolute Gasteiger partial charge is 0.252 e. The first-order valence-corrected chi connectivity index (χ1v) is 12.9. The number of piperidine rings is 1. The van der Waals surface area contributed by atoms with E-state index in [1.54, 1.807) is 36.4 Å². The van der Waals surface area contributed by atoms with Crippen LogP contribution in [0.15, 0.2) is 65.0 Å². The lowest BCUT2D eigenvalue weighted by Crippen LogP contribution is -2.42. The molecule has 8 nitrogen and oxygen atoms in total. The maximum atomic E-state index is 13.1. The fraction of sp³-hybridized carbons (Fsp3) is 0.304. The van der Waals surface area contributed by atoms with E-state index in [1.807, 2.05) is 16.7 Å². The monoisotopic (exact) mass is 485 g/mol. The normalized spacial score (nSPS) is 19.2. The molecule has 2 aromatic carbocycles. The third kappa shape index (κ3) is 4.09. The lowest BCUT2D eigenvalue weighted by atomic mass is 9.99. The van der Waals surface area contributed by atoms with E-state index in [0.717, 1.165) is 10.2 Å². The second-order valence-electron chi connectivity index (χ2n) is 7.92. The molecule has 3 aromatic rings. The average Bonchev–Trinajstić information content (AvgIpc) is 3.42. The molecule has 0 saturated carbocycles. The van der Waals surface area contributed by atoms with Gasteiger partial charge >= 0.3 is 0 Å². The summed E-state index contributed by atoms with van der Waals surface area (Å²) in [5.41, 5.74) is 0.882. The standard InChI is InChI=1S/C23H23N3O5S2/c1-2-10-26-18-12-19-20(31-15-30-19)13-21(18)32-23(26)24-22(27)16-7-6-11-25(14-16)33(28,29)17-8-4-3-5-9-17/h2-5,8-9,12-13,16H,1,6-7,10-11,14-15H2. The van der Waals surface area contributed by atoms with Crippen LogP contribution in [0.1, 0.15) is 12.8 Å². The molecule has 1 atom stereocenters. The topological polar surface area (TPSA) is 90.2 Å². The van der Waals surface area contributed by atoms with Crippen LogP contribution >= 0.6 is 11.3 Å². The van der Waals surface area contributed by atoms with Crippen molar-refractivity contribution < 1.29 is 22.7 Å². The highest BCUT2D eigenvalue weighted by Gasteiger charge is 2.33. The fourth-order valence-electron chi connectivity index (χ4n) is 4.14. The van der Waals surface area contributed by atoms with Crippen LogP contribution in [0.5, 0.6) is 11.5 Å². The van der Waals surface area contributed by atoms with Gasteiger partial charge in [0.15, 0.2) is 16.3 Å². The number of hydrogen-bond acceptors (Lipinski definition) is 6. The summed E-state index contributed by atoms with van der Waals surface area (Å²) in [4.78, 5) is 18.3. The van der Waals surface area contributed by atoms with Gasteiger partial charge in [0.25, 0.3) is 5.91 Å². The lowest BCUT2D eigenvalue weighted by Gasteiger charge is -2.30. The van der Waals surface area contributed by atoms with E-state index in [2.05, 4.69) is 11.6 Å². The summed E-state index contributed by atoms with van der Waals surface area (Å²) >= 11 is 1.39. The highest BCUT2D eigenvalue weighted by Crippen LogP contribution is 2.37. The SMILES string of the molecule is C=CCn1c(=NC(=O)C2CCCN(S(=O)(=O)c3ccccc3)C2)sc2cc3c(cc21)OCO3. The zero-order chi connectivity index (χ0) is 23.0. The molecule has 172 valence electrons. The number of fused-ring (bicyclic) bond motifs is 2. The zero-order valence-corrected chi connectivity index (χ0v) is 19.5. The number of ether oxygens (including phenoxy) is 2. The molecule has 1 fully saturated rings. The highest BCUT2D eigenvalue weighted by atomic mass is 32.2. The van der Waals surface area contributed by atoms with E-state index < -0.39 is 15.9 Å². The Hall–Kier alpha value is -2.95. The van der Waals surface area contributed by atoms with E-state index in [-0.39, 0.29) is 24.1 Å². The number of thiazole rings is 1. The van der Waals surface area contributed by atoms with Crippen LogP contribution in [-0.2, 0) is 21.4 Å². The summed E-state index contributed by atoms with van der Waals surface area (Å²) in [5.74, 6) is 0.523. The molecule has 0 radical (unpaired) electrons. The van der Waals surface area contributed by atoms with Crippen LogP contribution in [0, 0.1) is 5.92 Å². The largest absolute Gasteiger partial charge is 0.454 e. The summed E-state index contributed by atoms with van der Waals surface area (Å²) in [5, 5.41) is 0. The van der Waals surface area contributed by atoms with Crippen molar-refractivity contribution in [2.24, 2.45) is 10.9 Å². The Labute approximate surface area is 195 Å². The van der Waals surface area contributed by atoms with Crippen LogP contribution in [0.3, 0.4) is 0 Å². The molecule has 0 aliphatic carbocycles. The number of aromatic nitrogens is 1. The Balaban J connectivity index is 1.45. The van der Waals surface area contributed by atoms with Gasteiger partial charge in [-0.25, -0.2) is 8.42 Å². The summed E-state index contributed by atoms with van der Waals surface area (Å²) < 4.78 is 41.2. The van der Waals surface area contributed by atoms with Gasteiger partial charge < -0.3 is 14.0 Å². The van der Waals surface area contributed by atoms with Gasteiger partial charge in [-0.1, -0.05) is 35.6 Å². The molecule has 2 aliphatic rings. The molecule has 0 N–H and O–H groups in total. The summed E-state index contributed by atoms with van der Waals surface area (Å²) in [6.45, 7) is 5.01. The van der Waals surface area contributed by atoms with Crippen molar-refractivity contribution in [2.75, 3.05) is 19.9 Å². The van der Waals surface area contributed by atoms with E-state index in [9.17, 15) is 13.2 Å². The second-order valence-corrected chi connectivity index (χ2v) is 10.9. The summed E-state index contributed by atoms with van der Waals surface area (Å²) in [7, 11) is -3.65. The van der Waals surface area contributed by atoms with Gasteiger partial charge in [-0.3, -0.25) is 4.79 Å². The average molecular weight is 486 g/mol. The van der Waals surface area contributed by atoms with Gasteiger partial charge in [0.05, 0.1) is 21.0 Å². The number of hydrogen-bond donors (Lipinski definition) is 0. The van der Waals surface area contributed by atoms with Crippen LogP contribution in [0.25, 0.3) is 10.2 Å². The van der Waals surface area contributed by atoms with Gasteiger partial charge in [-0.2, -0.15) is 9.30 Å². The van der Waals surface area contributed by atoms with E-state index in [0.29, 0.717) is 42.2 Å². The van der Waals surface area contributed by atoms with Gasteiger partial charge in [-0.05, 0) is 25.0 Å². The molecule has 5 rings (SSSR count). The van der Waals surface area contributed by atoms with Crippen molar-refractivity contribution in [3.8, 4) is 11.5 Å². The van der Waals surface area contributed by atoms with Crippen molar-refractivity contribution >= 4 is 37.5 Å². The first kappa shape index (κ1) is 21.9. The van der Waals surface area contributed by atoms with Crippen LogP contribution in [0.2, 0.25) is 0 Å². The number of carbonyl (C=O) groups is 1. The molecule has 2 aliphatic heterocycles. The summed E-state index contributed by atoms with van der Waals surface area (Å²) in [6.07, 6.45) is 2.96. The summed E-state index contributed by atoms with van der Waals surface area (Å²) in [6, 6.07) is 12.1. The maximum absolute atomic E-state index is 13.1. The Kier molecular flexibility index (Phi) is 5.81. The predicted octanol–water partition coefficient (Wildman–Crippen LogP) is 3.15. The first-order chi connectivity index (χ1) is 16.0. The lowest BCUT2D eigenvalue weighted by molar-refractivity contribution is -0.122. The second kappa shape index (κ2) is 8.77. The number of benzene rings is 2. The van der Waals surface area contributed by atoms with Crippen molar-refractivity contribution in [1.82, 2.24) is 8.87 Å². The molecule has 0 spiro atoms. The molecule has 10 heteroatoms. The van der Waals surface area contributed by atoms with Gasteiger partial charge in [0.2, 0.25) is 16.8 Å². The minimum absolute atomic E-state index is 0.127. The number of rotatable bonds is 5. The Morgan fingerprint density at radius 1 is 1.21 bits per heavy atom. The van der Waals surface area contributed by atoms with E-state index in [1.165, 1.54) is 15.6 Å². The van der Waals surface area contributed by atoms with Crippen molar-refractivity contribution in [2.45, 2.75) is 24.3 Å². The third-order valence-electron chi connectivity index (χ3n) is 5.81. The molecule has 1 aromatic heterocycles. The zero-order valence-electron chi connectivity index (χ0n) is 17.8. The number of sulfonamides is 1. The van der Waals surface area contributed by atoms with Gasteiger partial charge in [0, 0.05) is 31.8 Å². The van der Waals surface area contributed by atoms with Crippen molar-refractivity contribution in [3.63, 3.8) is 0 Å². The predicted molar refractivity (Wildman–Crippen MR) is 125 cm³/mol. The van der Waals surface area contributed by atoms with Crippen molar-refractivity contribution in [1.29, 1.82) is 0 Å². The molecule has 1 unspecified atom stereocenters. The Morgan fingerprint density at radius 2 is 1.97 bits per heavy atom. The fourth-order valence-corrected chi connectivity index (χ4v) is 6.74. The van der Waals surface area contributed by atoms with Gasteiger partial charge in [0.1, 0.15) is 0 Å². The molecule has 1 amide bonds. The van der Waals surface area contributed by atoms with E-state index in [4.69, 9.17) is 9.47 Å². The molecular formula is C23H23N3O5S2. The number of amides is 1. The molecule has 3 heterocycles. The molecule has 33 heavy (non-hydrogen) atoms. The Morgan fingerprint density at radius 3 is 2.73 bits per heavy atom. The number of allylic oxidation sites excluding steroid dienone is 1. The van der Waals surface area contributed by atoms with Crippen LogP contribution in [-0.4, -0.2) is 43.1 Å². The van der Waals surface area contributed by atoms with Crippen molar-refractivity contribution in [3.05, 3.63) is 59.9 Å². The molecule has 0 bridgehead atoms. The van der Waals surface area contributed by atoms with Gasteiger partial charge in [-0.15, -0.1) is 6.58 Å².